The number of nitrogens with one attached hydrogen (secondary N) is 1. The number of nitrogens with zero attached hydrogens (tertiary/aromatic N) is 3. The maximum Gasteiger partial charge on any atom is 0.244 e. The van der Waals surface area contributed by atoms with E-state index in [0.29, 0.717) is 12.0 Å². The Morgan fingerprint density at radius 1 is 1.39 bits per heavy atom. The minimum absolute atomic E-state index is 0.126. The molecule has 6 nitrogen and oxygen atoms in total. The number of carbonyl (C=O) groups is 1. The predicted molar refractivity (Wildman–Crippen MR) is 82.6 cm³/mol. The van der Waals surface area contributed by atoms with Crippen molar-refractivity contribution in [1.29, 1.82) is 0 Å². The average Bonchev–Trinajstić information content (AvgIpc) is 3.18. The Morgan fingerprint density at radius 3 is 3.00 bits per heavy atom. The molecule has 0 radical (unpaired) electrons. The lowest BCUT2D eigenvalue weighted by molar-refractivity contribution is 0.103. The summed E-state index contributed by atoms with van der Waals surface area (Å²) >= 11 is 1.42. The SMILES string of the molecule is O=C(C=C(O)c1ccsc1Cc1cccc(F)c1)c1nn[nH]n1. The van der Waals surface area contributed by atoms with Gasteiger partial charge in [-0.25, -0.2) is 4.39 Å². The van der Waals surface area contributed by atoms with Gasteiger partial charge in [-0.3, -0.25) is 4.79 Å². The van der Waals surface area contributed by atoms with Crippen molar-refractivity contribution in [3.05, 3.63) is 69.4 Å². The fourth-order valence-electron chi connectivity index (χ4n) is 2.07. The van der Waals surface area contributed by atoms with Crippen LogP contribution in [0.4, 0.5) is 4.39 Å². The number of rotatable bonds is 5. The molecule has 2 N–H and O–H groups in total. The molecule has 2 heterocycles. The highest BCUT2D eigenvalue weighted by molar-refractivity contribution is 7.10. The van der Waals surface area contributed by atoms with E-state index >= 15 is 0 Å². The van der Waals surface area contributed by atoms with Crippen LogP contribution in [0, 0.1) is 5.82 Å². The molecule has 0 aliphatic carbocycles. The minimum Gasteiger partial charge on any atom is -0.507 e. The molecule has 0 bridgehead atoms. The molecule has 23 heavy (non-hydrogen) atoms. The zero-order chi connectivity index (χ0) is 16.2. The maximum absolute atomic E-state index is 13.3. The molecule has 0 aliphatic heterocycles. The number of H-pyrrole nitrogens is 1. The number of hydrogen-bond acceptors (Lipinski definition) is 6. The normalized spacial score (nSPS) is 11.6. The van der Waals surface area contributed by atoms with Gasteiger partial charge < -0.3 is 5.11 Å². The second-order valence-electron chi connectivity index (χ2n) is 4.69. The van der Waals surface area contributed by atoms with Crippen LogP contribution in [0.15, 0.2) is 41.8 Å². The molecule has 3 rings (SSSR count). The van der Waals surface area contributed by atoms with Crippen molar-refractivity contribution < 1.29 is 14.3 Å². The second kappa shape index (κ2) is 6.49. The van der Waals surface area contributed by atoms with Crippen LogP contribution >= 0.6 is 11.3 Å². The number of aromatic amines is 1. The number of tetrazole rings is 1. The summed E-state index contributed by atoms with van der Waals surface area (Å²) in [5.41, 5.74) is 1.31. The molecule has 8 heteroatoms. The molecule has 1 aromatic carbocycles. The molecule has 3 aromatic rings. The topological polar surface area (TPSA) is 91.8 Å². The Hall–Kier alpha value is -2.87. The van der Waals surface area contributed by atoms with Crippen LogP contribution in [-0.2, 0) is 6.42 Å². The van der Waals surface area contributed by atoms with Gasteiger partial charge in [0.1, 0.15) is 11.6 Å². The minimum atomic E-state index is -0.556. The van der Waals surface area contributed by atoms with E-state index in [-0.39, 0.29) is 17.4 Å². The van der Waals surface area contributed by atoms with Gasteiger partial charge >= 0.3 is 0 Å². The van der Waals surface area contributed by atoms with Crippen molar-refractivity contribution in [3.8, 4) is 0 Å². The summed E-state index contributed by atoms with van der Waals surface area (Å²) in [5.74, 6) is -1.18. The summed E-state index contributed by atoms with van der Waals surface area (Å²) in [6.45, 7) is 0. The fourth-order valence-corrected chi connectivity index (χ4v) is 2.99. The first-order chi connectivity index (χ1) is 11.1. The number of thiophene rings is 1. The van der Waals surface area contributed by atoms with E-state index in [1.54, 1.807) is 23.6 Å². The number of halogens is 1. The van der Waals surface area contributed by atoms with Gasteiger partial charge in [0.15, 0.2) is 0 Å². The Balaban J connectivity index is 1.84. The standard InChI is InChI=1S/C15H11FN4O2S/c16-10-3-1-2-9(6-10)7-14-11(4-5-23-14)12(21)8-13(22)15-17-19-20-18-15/h1-6,8,21H,7H2,(H,17,18,19,20). The van der Waals surface area contributed by atoms with Crippen LogP contribution in [0.25, 0.3) is 5.76 Å². The van der Waals surface area contributed by atoms with Crippen molar-refractivity contribution in [2.24, 2.45) is 0 Å². The highest BCUT2D eigenvalue weighted by Crippen LogP contribution is 2.26. The van der Waals surface area contributed by atoms with Crippen LogP contribution in [0.1, 0.15) is 26.6 Å². The average molecular weight is 330 g/mol. The van der Waals surface area contributed by atoms with E-state index in [9.17, 15) is 14.3 Å². The van der Waals surface area contributed by atoms with Crippen LogP contribution < -0.4 is 0 Å². The molecule has 0 atom stereocenters. The zero-order valence-electron chi connectivity index (χ0n) is 11.7. The van der Waals surface area contributed by atoms with Gasteiger partial charge in [-0.05, 0) is 34.4 Å². The Kier molecular flexibility index (Phi) is 4.24. The van der Waals surface area contributed by atoms with Gasteiger partial charge in [0, 0.05) is 22.9 Å². The summed E-state index contributed by atoms with van der Waals surface area (Å²) < 4.78 is 13.3. The van der Waals surface area contributed by atoms with Crippen molar-refractivity contribution in [2.45, 2.75) is 6.42 Å². The van der Waals surface area contributed by atoms with Crippen LogP contribution in [0.3, 0.4) is 0 Å². The van der Waals surface area contributed by atoms with Gasteiger partial charge in [-0.15, -0.1) is 21.5 Å². The number of hydrogen-bond donors (Lipinski definition) is 2. The van der Waals surface area contributed by atoms with E-state index < -0.39 is 5.78 Å². The number of aliphatic hydroxyl groups is 1. The van der Waals surface area contributed by atoms with Crippen molar-refractivity contribution in [1.82, 2.24) is 20.6 Å². The highest BCUT2D eigenvalue weighted by Gasteiger charge is 2.14. The molecular formula is C15H11FN4O2S. The van der Waals surface area contributed by atoms with Crippen molar-refractivity contribution >= 4 is 22.9 Å². The summed E-state index contributed by atoms with van der Waals surface area (Å²) in [5, 5.41) is 24.6. The largest absolute Gasteiger partial charge is 0.507 e. The van der Waals surface area contributed by atoms with Gasteiger partial charge in [0.05, 0.1) is 0 Å². The van der Waals surface area contributed by atoms with Crippen molar-refractivity contribution in [3.63, 3.8) is 0 Å². The number of aliphatic hydroxyl groups excluding tert-OH is 1. The van der Waals surface area contributed by atoms with Gasteiger partial charge in [0.2, 0.25) is 11.6 Å². The number of carbonyl (C=O) groups excluding carboxylic acids is 1. The van der Waals surface area contributed by atoms with Gasteiger partial charge in [0.25, 0.3) is 0 Å². The molecule has 0 spiro atoms. The second-order valence-corrected chi connectivity index (χ2v) is 5.69. The smallest absolute Gasteiger partial charge is 0.244 e. The van der Waals surface area contributed by atoms with Crippen LogP contribution in [0.5, 0.6) is 0 Å². The third-order valence-corrected chi connectivity index (χ3v) is 4.03. The third-order valence-electron chi connectivity index (χ3n) is 3.11. The van der Waals surface area contributed by atoms with Gasteiger partial charge in [-0.2, -0.15) is 5.21 Å². The van der Waals surface area contributed by atoms with E-state index in [1.807, 2.05) is 0 Å². The maximum atomic E-state index is 13.3. The molecule has 0 saturated heterocycles. The number of allylic oxidation sites excluding steroid dienone is 1. The van der Waals surface area contributed by atoms with E-state index in [0.717, 1.165) is 16.5 Å². The highest BCUT2D eigenvalue weighted by atomic mass is 32.1. The zero-order valence-corrected chi connectivity index (χ0v) is 12.5. The number of benzene rings is 1. The summed E-state index contributed by atoms with van der Waals surface area (Å²) in [4.78, 5) is 12.7. The summed E-state index contributed by atoms with van der Waals surface area (Å²) in [7, 11) is 0. The summed E-state index contributed by atoms with van der Waals surface area (Å²) in [6.07, 6.45) is 1.50. The first kappa shape index (κ1) is 15.0. The molecule has 0 aliphatic rings. The van der Waals surface area contributed by atoms with Crippen molar-refractivity contribution in [2.75, 3.05) is 0 Å². The molecule has 2 aromatic heterocycles. The first-order valence-corrected chi connectivity index (χ1v) is 7.51. The molecule has 0 unspecified atom stereocenters. The van der Waals surface area contributed by atoms with Gasteiger partial charge in [-0.1, -0.05) is 12.1 Å². The molecule has 0 amide bonds. The van der Waals surface area contributed by atoms with Crippen LogP contribution in [-0.4, -0.2) is 31.5 Å². The molecular weight excluding hydrogens is 319 g/mol. The van der Waals surface area contributed by atoms with Crippen LogP contribution in [0.2, 0.25) is 0 Å². The lowest BCUT2D eigenvalue weighted by Gasteiger charge is -2.04. The third kappa shape index (κ3) is 3.49. The van der Waals surface area contributed by atoms with E-state index in [1.165, 1.54) is 23.5 Å². The lowest BCUT2D eigenvalue weighted by atomic mass is 10.1. The molecule has 0 saturated carbocycles. The fraction of sp³-hybridized carbons (Fsp3) is 0.0667. The predicted octanol–water partition coefficient (Wildman–Crippen LogP) is 2.77. The number of aromatic nitrogens is 4. The monoisotopic (exact) mass is 330 g/mol. The first-order valence-electron chi connectivity index (χ1n) is 6.63. The number of ketones is 1. The summed E-state index contributed by atoms with van der Waals surface area (Å²) in [6, 6.07) is 7.95. The Labute approximate surface area is 134 Å². The molecule has 0 fully saturated rings. The Morgan fingerprint density at radius 2 is 2.26 bits per heavy atom. The lowest BCUT2D eigenvalue weighted by Crippen LogP contribution is -2.00. The van der Waals surface area contributed by atoms with E-state index in [4.69, 9.17) is 0 Å². The quantitative estimate of drug-likeness (QED) is 0.426. The Bertz CT molecular complexity index is 858. The van der Waals surface area contributed by atoms with E-state index in [2.05, 4.69) is 20.6 Å². The molecule has 116 valence electrons.